The van der Waals surface area contributed by atoms with Crippen molar-refractivity contribution in [2.75, 3.05) is 7.11 Å². The first-order chi connectivity index (χ1) is 9.53. The highest BCUT2D eigenvalue weighted by atomic mass is 32.2. The van der Waals surface area contributed by atoms with Crippen LogP contribution in [0, 0.1) is 0 Å². The zero-order valence-corrected chi connectivity index (χ0v) is 11.7. The second-order valence-corrected chi connectivity index (χ2v) is 5.88. The lowest BCUT2D eigenvalue weighted by atomic mass is 10.2. The Morgan fingerprint density at radius 1 is 1.15 bits per heavy atom. The maximum Gasteiger partial charge on any atom is 0.244 e. The average Bonchev–Trinajstić information content (AvgIpc) is 2.46. The standard InChI is InChI=1S/C14H15NO4S/c1-19-12-6-4-5-11(9-12)10-15-20(17,18)14-8-3-2-7-13(14)16/h2-9,15-16H,10H2,1H3. The van der Waals surface area contributed by atoms with E-state index in [1.54, 1.807) is 43.5 Å². The Morgan fingerprint density at radius 2 is 1.90 bits per heavy atom. The van der Waals surface area contributed by atoms with E-state index in [-0.39, 0.29) is 17.2 Å². The predicted octanol–water partition coefficient (Wildman–Crippen LogP) is 1.88. The van der Waals surface area contributed by atoms with Crippen molar-refractivity contribution in [1.29, 1.82) is 0 Å². The summed E-state index contributed by atoms with van der Waals surface area (Å²) < 4.78 is 31.7. The molecule has 0 unspecified atom stereocenters. The lowest BCUT2D eigenvalue weighted by Crippen LogP contribution is -2.23. The van der Waals surface area contributed by atoms with Crippen molar-refractivity contribution in [3.63, 3.8) is 0 Å². The van der Waals surface area contributed by atoms with Crippen LogP contribution in [0.1, 0.15) is 5.56 Å². The minimum atomic E-state index is -3.75. The van der Waals surface area contributed by atoms with E-state index in [1.165, 1.54) is 12.1 Å². The van der Waals surface area contributed by atoms with Crippen LogP contribution in [0.5, 0.6) is 11.5 Å². The number of nitrogens with one attached hydrogen (secondary N) is 1. The normalized spacial score (nSPS) is 11.2. The van der Waals surface area contributed by atoms with Crippen molar-refractivity contribution in [3.05, 3.63) is 54.1 Å². The number of aromatic hydroxyl groups is 1. The van der Waals surface area contributed by atoms with Gasteiger partial charge in [-0.3, -0.25) is 0 Å². The molecular formula is C14H15NO4S. The van der Waals surface area contributed by atoms with Crippen LogP contribution in [0.3, 0.4) is 0 Å². The zero-order valence-electron chi connectivity index (χ0n) is 10.9. The van der Waals surface area contributed by atoms with E-state index >= 15 is 0 Å². The molecule has 0 fully saturated rings. The van der Waals surface area contributed by atoms with Crippen LogP contribution in [0.25, 0.3) is 0 Å². The van der Waals surface area contributed by atoms with E-state index in [1.807, 2.05) is 0 Å². The molecule has 0 atom stereocenters. The van der Waals surface area contributed by atoms with Gasteiger partial charge in [-0.1, -0.05) is 24.3 Å². The highest BCUT2D eigenvalue weighted by Crippen LogP contribution is 2.21. The van der Waals surface area contributed by atoms with Gasteiger partial charge in [-0.2, -0.15) is 0 Å². The van der Waals surface area contributed by atoms with E-state index < -0.39 is 10.0 Å². The number of hydrogen-bond donors (Lipinski definition) is 2. The SMILES string of the molecule is COc1cccc(CNS(=O)(=O)c2ccccc2O)c1. The molecule has 2 aromatic rings. The first-order valence-corrected chi connectivity index (χ1v) is 7.42. The third-order valence-corrected chi connectivity index (χ3v) is 4.20. The Kier molecular flexibility index (Phi) is 4.26. The number of ether oxygens (including phenoxy) is 1. The average molecular weight is 293 g/mol. The first kappa shape index (κ1) is 14.4. The highest BCUT2D eigenvalue weighted by Gasteiger charge is 2.17. The van der Waals surface area contributed by atoms with Crippen LogP contribution in [0.15, 0.2) is 53.4 Å². The Balaban J connectivity index is 2.15. The van der Waals surface area contributed by atoms with Crippen LogP contribution >= 0.6 is 0 Å². The highest BCUT2D eigenvalue weighted by molar-refractivity contribution is 7.89. The molecule has 6 heteroatoms. The van der Waals surface area contributed by atoms with Gasteiger partial charge in [0.2, 0.25) is 10.0 Å². The molecule has 0 aliphatic carbocycles. The summed E-state index contributed by atoms with van der Waals surface area (Å²) in [6, 6.07) is 12.9. The molecular weight excluding hydrogens is 278 g/mol. The number of benzene rings is 2. The molecule has 0 spiro atoms. The molecule has 0 saturated carbocycles. The lowest BCUT2D eigenvalue weighted by Gasteiger charge is -2.09. The monoisotopic (exact) mass is 293 g/mol. The van der Waals surface area contributed by atoms with Crippen molar-refractivity contribution >= 4 is 10.0 Å². The molecule has 20 heavy (non-hydrogen) atoms. The van der Waals surface area contributed by atoms with Gasteiger partial charge in [0.15, 0.2) is 0 Å². The van der Waals surface area contributed by atoms with Gasteiger partial charge >= 0.3 is 0 Å². The van der Waals surface area contributed by atoms with Crippen molar-refractivity contribution in [2.45, 2.75) is 11.4 Å². The van der Waals surface area contributed by atoms with Crippen molar-refractivity contribution < 1.29 is 18.3 Å². The summed E-state index contributed by atoms with van der Waals surface area (Å²) in [5, 5.41) is 9.59. The number of sulfonamides is 1. The van der Waals surface area contributed by atoms with Crippen LogP contribution in [0.2, 0.25) is 0 Å². The third kappa shape index (κ3) is 3.28. The maximum absolute atomic E-state index is 12.1. The third-order valence-electron chi connectivity index (χ3n) is 2.76. The summed E-state index contributed by atoms with van der Waals surface area (Å²) >= 11 is 0. The summed E-state index contributed by atoms with van der Waals surface area (Å²) in [7, 11) is -2.20. The number of phenolic OH excluding ortho intramolecular Hbond substituents is 1. The van der Waals surface area contributed by atoms with Crippen LogP contribution in [-0.4, -0.2) is 20.6 Å². The molecule has 2 rings (SSSR count). The molecule has 0 aliphatic heterocycles. The Hall–Kier alpha value is -2.05. The van der Waals surface area contributed by atoms with Gasteiger partial charge in [0.25, 0.3) is 0 Å². The molecule has 2 N–H and O–H groups in total. The smallest absolute Gasteiger partial charge is 0.244 e. The molecule has 0 bridgehead atoms. The molecule has 0 heterocycles. The molecule has 5 nitrogen and oxygen atoms in total. The second-order valence-electron chi connectivity index (χ2n) is 4.14. The quantitative estimate of drug-likeness (QED) is 0.882. The minimum absolute atomic E-state index is 0.119. The number of methoxy groups -OCH3 is 1. The van der Waals surface area contributed by atoms with Gasteiger partial charge in [-0.05, 0) is 29.8 Å². The van der Waals surface area contributed by atoms with Gasteiger partial charge in [0.05, 0.1) is 7.11 Å². The predicted molar refractivity (Wildman–Crippen MR) is 75.1 cm³/mol. The molecule has 0 aliphatic rings. The zero-order chi connectivity index (χ0) is 14.6. The first-order valence-electron chi connectivity index (χ1n) is 5.93. The van der Waals surface area contributed by atoms with Crippen LogP contribution < -0.4 is 9.46 Å². The fourth-order valence-corrected chi connectivity index (χ4v) is 2.84. The van der Waals surface area contributed by atoms with Crippen molar-refractivity contribution in [3.8, 4) is 11.5 Å². The molecule has 0 aromatic heterocycles. The summed E-state index contributed by atoms with van der Waals surface area (Å²) in [5.74, 6) is 0.384. The van der Waals surface area contributed by atoms with E-state index in [2.05, 4.69) is 4.72 Å². The maximum atomic E-state index is 12.1. The molecule has 0 amide bonds. The fraction of sp³-hybridized carbons (Fsp3) is 0.143. The van der Waals surface area contributed by atoms with Crippen molar-refractivity contribution in [2.24, 2.45) is 0 Å². The number of hydrogen-bond acceptors (Lipinski definition) is 4. The van der Waals surface area contributed by atoms with E-state index in [4.69, 9.17) is 4.74 Å². The summed E-state index contributed by atoms with van der Waals surface area (Å²) in [4.78, 5) is -0.136. The van der Waals surface area contributed by atoms with Crippen molar-refractivity contribution in [1.82, 2.24) is 4.72 Å². The van der Waals surface area contributed by atoms with E-state index in [0.29, 0.717) is 5.75 Å². The summed E-state index contributed by atoms with van der Waals surface area (Å²) in [6.45, 7) is 0.119. The number of phenols is 1. The van der Waals surface area contributed by atoms with Gasteiger partial charge in [-0.25, -0.2) is 13.1 Å². The summed E-state index contributed by atoms with van der Waals surface area (Å²) in [6.07, 6.45) is 0. The van der Waals surface area contributed by atoms with Gasteiger partial charge < -0.3 is 9.84 Å². The fourth-order valence-electron chi connectivity index (χ4n) is 1.72. The molecule has 106 valence electrons. The largest absolute Gasteiger partial charge is 0.507 e. The Bertz CT molecular complexity index is 698. The Morgan fingerprint density at radius 3 is 2.60 bits per heavy atom. The topological polar surface area (TPSA) is 75.6 Å². The number of rotatable bonds is 5. The Labute approximate surface area is 117 Å². The summed E-state index contributed by atoms with van der Waals surface area (Å²) in [5.41, 5.74) is 0.767. The molecule has 0 saturated heterocycles. The second kappa shape index (κ2) is 5.94. The lowest BCUT2D eigenvalue weighted by molar-refractivity contribution is 0.414. The number of para-hydroxylation sites is 1. The van der Waals surface area contributed by atoms with Gasteiger partial charge in [0.1, 0.15) is 16.4 Å². The van der Waals surface area contributed by atoms with E-state index in [0.717, 1.165) is 5.56 Å². The van der Waals surface area contributed by atoms with Gasteiger partial charge in [-0.15, -0.1) is 0 Å². The van der Waals surface area contributed by atoms with Gasteiger partial charge in [0, 0.05) is 6.54 Å². The molecule has 0 radical (unpaired) electrons. The minimum Gasteiger partial charge on any atom is -0.507 e. The van der Waals surface area contributed by atoms with Crippen LogP contribution in [-0.2, 0) is 16.6 Å². The van der Waals surface area contributed by atoms with E-state index in [9.17, 15) is 13.5 Å². The molecule has 2 aromatic carbocycles. The van der Waals surface area contributed by atoms with Crippen LogP contribution in [0.4, 0.5) is 0 Å².